The molecule has 1 aliphatic carbocycles. The van der Waals surface area contributed by atoms with Crippen LogP contribution < -0.4 is 5.73 Å². The first-order chi connectivity index (χ1) is 8.02. The Morgan fingerprint density at radius 3 is 2.47 bits per heavy atom. The van der Waals surface area contributed by atoms with Gasteiger partial charge in [0.05, 0.1) is 11.7 Å². The summed E-state index contributed by atoms with van der Waals surface area (Å²) in [6.45, 7) is 0.0968. The number of hydrogen-bond acceptors (Lipinski definition) is 2. The fourth-order valence-electron chi connectivity index (χ4n) is 2.37. The predicted molar refractivity (Wildman–Crippen MR) is 57.2 cm³/mol. The normalized spacial score (nSPS) is 18.6. The van der Waals surface area contributed by atoms with Crippen molar-refractivity contribution in [3.63, 3.8) is 0 Å². The van der Waals surface area contributed by atoms with Crippen LogP contribution in [-0.2, 0) is 12.7 Å². The minimum absolute atomic E-state index is 0.0819. The Hall–Kier alpha value is -1.04. The highest BCUT2D eigenvalue weighted by atomic mass is 19.4. The summed E-state index contributed by atoms with van der Waals surface area (Å²) in [5.74, 6) is 0. The Kier molecular flexibility index (Phi) is 3.42. The lowest BCUT2D eigenvalue weighted by Crippen LogP contribution is -2.18. The fraction of sp³-hybridized carbons (Fsp3) is 0.727. The van der Waals surface area contributed by atoms with Crippen LogP contribution in [0.2, 0.25) is 0 Å². The molecule has 1 fully saturated rings. The van der Waals surface area contributed by atoms with E-state index in [1.54, 1.807) is 0 Å². The molecule has 0 radical (unpaired) electrons. The minimum atomic E-state index is -4.39. The summed E-state index contributed by atoms with van der Waals surface area (Å²) in [6.07, 6.45) is 0.662. The van der Waals surface area contributed by atoms with E-state index in [-0.39, 0.29) is 12.6 Å². The molecule has 1 heterocycles. The molecule has 0 unspecified atom stereocenters. The monoisotopic (exact) mass is 247 g/mol. The summed E-state index contributed by atoms with van der Waals surface area (Å²) in [5, 5.41) is 3.69. The van der Waals surface area contributed by atoms with E-state index in [2.05, 4.69) is 5.10 Å². The maximum Gasteiger partial charge on any atom is 0.435 e. The molecule has 1 saturated carbocycles. The van der Waals surface area contributed by atoms with Crippen molar-refractivity contribution in [2.45, 2.75) is 50.9 Å². The molecule has 6 heteroatoms. The average molecular weight is 247 g/mol. The van der Waals surface area contributed by atoms with Crippen molar-refractivity contribution < 1.29 is 13.2 Å². The first-order valence-corrected chi connectivity index (χ1v) is 5.88. The van der Waals surface area contributed by atoms with Gasteiger partial charge in [0.1, 0.15) is 0 Å². The van der Waals surface area contributed by atoms with Crippen molar-refractivity contribution in [2.75, 3.05) is 0 Å². The Morgan fingerprint density at radius 2 is 1.94 bits per heavy atom. The van der Waals surface area contributed by atoms with Crippen LogP contribution in [0.25, 0.3) is 0 Å². The van der Waals surface area contributed by atoms with Crippen LogP contribution in [0.1, 0.15) is 49.5 Å². The van der Waals surface area contributed by atoms with Crippen LogP contribution in [0, 0.1) is 0 Å². The molecule has 0 amide bonds. The van der Waals surface area contributed by atoms with E-state index in [1.807, 2.05) is 0 Å². The van der Waals surface area contributed by atoms with Gasteiger partial charge in [0.2, 0.25) is 0 Å². The third-order valence-electron chi connectivity index (χ3n) is 3.23. The highest BCUT2D eigenvalue weighted by molar-refractivity contribution is 5.14. The van der Waals surface area contributed by atoms with E-state index in [4.69, 9.17) is 5.73 Å². The standard InChI is InChI=1S/C11H16F3N3/c12-11(13,14)10-6-9(7-15)17(16-10)8-4-2-1-3-5-8/h6,8H,1-5,7,15H2. The molecule has 1 aromatic rings. The molecule has 0 aliphatic heterocycles. The predicted octanol–water partition coefficient (Wildman–Crippen LogP) is 2.87. The van der Waals surface area contributed by atoms with Gasteiger partial charge in [-0.25, -0.2) is 0 Å². The molecule has 0 spiro atoms. The van der Waals surface area contributed by atoms with E-state index >= 15 is 0 Å². The molecular weight excluding hydrogens is 231 g/mol. The molecule has 0 saturated heterocycles. The van der Waals surface area contributed by atoms with Crippen LogP contribution in [-0.4, -0.2) is 9.78 Å². The minimum Gasteiger partial charge on any atom is -0.325 e. The Balaban J connectivity index is 2.28. The number of alkyl halides is 3. The first kappa shape index (κ1) is 12.4. The maximum atomic E-state index is 12.6. The van der Waals surface area contributed by atoms with Gasteiger partial charge in [-0.05, 0) is 18.9 Å². The number of nitrogens with two attached hydrogens (primary N) is 1. The lowest BCUT2D eigenvalue weighted by molar-refractivity contribution is -0.141. The molecule has 17 heavy (non-hydrogen) atoms. The molecular formula is C11H16F3N3. The van der Waals surface area contributed by atoms with Gasteiger partial charge in [0.15, 0.2) is 5.69 Å². The van der Waals surface area contributed by atoms with Crippen LogP contribution in [0.15, 0.2) is 6.07 Å². The molecule has 3 nitrogen and oxygen atoms in total. The Morgan fingerprint density at radius 1 is 1.29 bits per heavy atom. The summed E-state index contributed by atoms with van der Waals surface area (Å²) in [6, 6.07) is 1.15. The van der Waals surface area contributed by atoms with Gasteiger partial charge in [-0.1, -0.05) is 19.3 Å². The Bertz CT molecular complexity index is 378. The number of nitrogens with zero attached hydrogens (tertiary/aromatic N) is 2. The van der Waals surface area contributed by atoms with E-state index in [9.17, 15) is 13.2 Å². The fourth-order valence-corrected chi connectivity index (χ4v) is 2.37. The van der Waals surface area contributed by atoms with Gasteiger partial charge in [-0.2, -0.15) is 18.3 Å². The van der Waals surface area contributed by atoms with Gasteiger partial charge < -0.3 is 5.73 Å². The highest BCUT2D eigenvalue weighted by Gasteiger charge is 2.35. The van der Waals surface area contributed by atoms with Crippen molar-refractivity contribution in [1.29, 1.82) is 0 Å². The number of halogens is 3. The highest BCUT2D eigenvalue weighted by Crippen LogP contribution is 2.33. The van der Waals surface area contributed by atoms with Gasteiger partial charge in [0.25, 0.3) is 0 Å². The average Bonchev–Trinajstić information content (AvgIpc) is 2.73. The third-order valence-corrected chi connectivity index (χ3v) is 3.23. The zero-order chi connectivity index (χ0) is 12.5. The zero-order valence-electron chi connectivity index (χ0n) is 9.50. The van der Waals surface area contributed by atoms with Crippen molar-refractivity contribution in [3.05, 3.63) is 17.5 Å². The SMILES string of the molecule is NCc1cc(C(F)(F)F)nn1C1CCCCC1. The van der Waals surface area contributed by atoms with Crippen LogP contribution >= 0.6 is 0 Å². The van der Waals surface area contributed by atoms with E-state index in [0.717, 1.165) is 38.2 Å². The topological polar surface area (TPSA) is 43.8 Å². The maximum absolute atomic E-state index is 12.6. The molecule has 2 rings (SSSR count). The van der Waals surface area contributed by atoms with Crippen LogP contribution in [0.3, 0.4) is 0 Å². The van der Waals surface area contributed by atoms with E-state index in [1.165, 1.54) is 4.68 Å². The molecule has 1 aliphatic rings. The van der Waals surface area contributed by atoms with Gasteiger partial charge in [0, 0.05) is 6.54 Å². The second-order valence-corrected chi connectivity index (χ2v) is 4.46. The molecule has 1 aromatic heterocycles. The molecule has 2 N–H and O–H groups in total. The van der Waals surface area contributed by atoms with Gasteiger partial charge in [-0.3, -0.25) is 4.68 Å². The quantitative estimate of drug-likeness (QED) is 0.873. The summed E-state index contributed by atoms with van der Waals surface area (Å²) in [7, 11) is 0. The van der Waals surface area contributed by atoms with Crippen molar-refractivity contribution >= 4 is 0 Å². The number of hydrogen-bond donors (Lipinski definition) is 1. The molecule has 0 atom stereocenters. The van der Waals surface area contributed by atoms with Crippen LogP contribution in [0.5, 0.6) is 0 Å². The second kappa shape index (κ2) is 4.68. The van der Waals surface area contributed by atoms with E-state index < -0.39 is 11.9 Å². The molecule has 0 bridgehead atoms. The van der Waals surface area contributed by atoms with Crippen molar-refractivity contribution in [2.24, 2.45) is 5.73 Å². The number of rotatable bonds is 2. The zero-order valence-corrected chi connectivity index (χ0v) is 9.50. The van der Waals surface area contributed by atoms with Crippen LogP contribution in [0.4, 0.5) is 13.2 Å². The van der Waals surface area contributed by atoms with E-state index in [0.29, 0.717) is 5.69 Å². The largest absolute Gasteiger partial charge is 0.435 e. The summed E-state index contributed by atoms with van der Waals surface area (Å²) < 4.78 is 39.2. The Labute approximate surface area is 97.8 Å². The lowest BCUT2D eigenvalue weighted by Gasteiger charge is -2.23. The van der Waals surface area contributed by atoms with Crippen molar-refractivity contribution in [3.8, 4) is 0 Å². The molecule has 0 aromatic carbocycles. The summed E-state index contributed by atoms with van der Waals surface area (Å²) >= 11 is 0. The third kappa shape index (κ3) is 2.62. The summed E-state index contributed by atoms with van der Waals surface area (Å²) in [4.78, 5) is 0. The van der Waals surface area contributed by atoms with Gasteiger partial charge in [-0.15, -0.1) is 0 Å². The second-order valence-electron chi connectivity index (χ2n) is 4.46. The van der Waals surface area contributed by atoms with Crippen molar-refractivity contribution in [1.82, 2.24) is 9.78 Å². The first-order valence-electron chi connectivity index (χ1n) is 5.88. The number of aromatic nitrogens is 2. The molecule has 96 valence electrons. The van der Waals surface area contributed by atoms with Gasteiger partial charge >= 0.3 is 6.18 Å². The smallest absolute Gasteiger partial charge is 0.325 e. The summed E-state index contributed by atoms with van der Waals surface area (Å²) in [5.41, 5.74) is 5.13. The lowest BCUT2D eigenvalue weighted by atomic mass is 9.95.